The molecule has 0 atom stereocenters. The number of hydrogen-bond donors (Lipinski definition) is 2. The van der Waals surface area contributed by atoms with E-state index >= 15 is 0 Å². The summed E-state index contributed by atoms with van der Waals surface area (Å²) < 4.78 is 9.91. The number of hydrogen-bond acceptors (Lipinski definition) is 5. The third-order valence-corrected chi connectivity index (χ3v) is 7.17. The van der Waals surface area contributed by atoms with Crippen LogP contribution in [0.3, 0.4) is 0 Å². The van der Waals surface area contributed by atoms with Crippen molar-refractivity contribution in [3.63, 3.8) is 0 Å². The lowest BCUT2D eigenvalue weighted by molar-refractivity contribution is -0.136. The molecule has 0 radical (unpaired) electrons. The normalized spacial score (nSPS) is 15.0. The summed E-state index contributed by atoms with van der Waals surface area (Å²) in [5.74, 6) is 0.155. The number of nitrogens with zero attached hydrogens (tertiary/aromatic N) is 4. The molecular weight excluding hydrogens is 466 g/mol. The van der Waals surface area contributed by atoms with E-state index in [-0.39, 0.29) is 6.42 Å². The minimum Gasteiger partial charge on any atom is -0.481 e. The standard InChI is InChI=1S/C26H30ClN5O3/c1-4-31-14-19(17-7-9-26(2,3)12-22(17)31)24-29-25(30-35-24)32-15-20(27)18-11-16(5-6-21(18)32)13-28-10-8-23(33)34/h5-6,11,14-15,28H,4,7-10,12-13H2,1-3H3,(H,33,34). The van der Waals surface area contributed by atoms with Gasteiger partial charge in [0.25, 0.3) is 11.8 Å². The molecule has 8 nitrogen and oxygen atoms in total. The van der Waals surface area contributed by atoms with Crippen molar-refractivity contribution in [3.8, 4) is 17.4 Å². The molecule has 35 heavy (non-hydrogen) atoms. The molecule has 0 bridgehead atoms. The Labute approximate surface area is 208 Å². The number of nitrogens with one attached hydrogen (secondary N) is 1. The summed E-state index contributed by atoms with van der Waals surface area (Å²) in [6.45, 7) is 8.69. The van der Waals surface area contributed by atoms with Crippen LogP contribution in [-0.4, -0.2) is 36.9 Å². The predicted molar refractivity (Wildman–Crippen MR) is 135 cm³/mol. The van der Waals surface area contributed by atoms with Gasteiger partial charge in [-0.15, -0.1) is 0 Å². The fourth-order valence-corrected chi connectivity index (χ4v) is 5.21. The Hall–Kier alpha value is -3.10. The molecule has 0 aliphatic heterocycles. The van der Waals surface area contributed by atoms with E-state index in [1.165, 1.54) is 11.3 Å². The average molecular weight is 496 g/mol. The highest BCUT2D eigenvalue weighted by atomic mass is 35.5. The van der Waals surface area contributed by atoms with Gasteiger partial charge in [0.2, 0.25) is 0 Å². The molecule has 1 aliphatic rings. The van der Waals surface area contributed by atoms with Gasteiger partial charge in [-0.1, -0.05) is 31.5 Å². The number of carboxylic acids is 1. The zero-order chi connectivity index (χ0) is 24.7. The first-order valence-corrected chi connectivity index (χ1v) is 12.4. The molecular formula is C26H30ClN5O3. The zero-order valence-corrected chi connectivity index (χ0v) is 21.0. The second-order valence-electron chi connectivity index (χ2n) is 10.0. The molecule has 0 saturated heterocycles. The van der Waals surface area contributed by atoms with E-state index in [0.29, 0.717) is 35.4 Å². The third-order valence-electron chi connectivity index (χ3n) is 6.87. The first kappa shape index (κ1) is 23.6. The summed E-state index contributed by atoms with van der Waals surface area (Å²) in [5, 5.41) is 17.7. The monoisotopic (exact) mass is 495 g/mol. The van der Waals surface area contributed by atoms with E-state index in [1.807, 2.05) is 22.8 Å². The van der Waals surface area contributed by atoms with Crippen LogP contribution >= 0.6 is 11.6 Å². The first-order chi connectivity index (χ1) is 16.8. The highest BCUT2D eigenvalue weighted by Gasteiger charge is 2.31. The Morgan fingerprint density at radius 2 is 2.14 bits per heavy atom. The molecule has 0 saturated carbocycles. The Kier molecular flexibility index (Phi) is 6.19. The lowest BCUT2D eigenvalue weighted by Crippen LogP contribution is -2.23. The molecule has 3 heterocycles. The predicted octanol–water partition coefficient (Wildman–Crippen LogP) is 5.23. The van der Waals surface area contributed by atoms with Crippen LogP contribution in [-0.2, 0) is 30.7 Å². The van der Waals surface area contributed by atoms with Gasteiger partial charge < -0.3 is 19.5 Å². The van der Waals surface area contributed by atoms with E-state index in [2.05, 4.69) is 42.0 Å². The Morgan fingerprint density at radius 3 is 2.91 bits per heavy atom. The largest absolute Gasteiger partial charge is 0.481 e. The van der Waals surface area contributed by atoms with Crippen molar-refractivity contribution in [2.75, 3.05) is 6.54 Å². The van der Waals surface area contributed by atoms with Gasteiger partial charge in [0.05, 0.1) is 22.5 Å². The van der Waals surface area contributed by atoms with E-state index < -0.39 is 5.97 Å². The maximum absolute atomic E-state index is 10.7. The van der Waals surface area contributed by atoms with Gasteiger partial charge >= 0.3 is 5.97 Å². The van der Waals surface area contributed by atoms with Crippen LogP contribution in [0, 0.1) is 5.41 Å². The van der Waals surface area contributed by atoms with E-state index in [9.17, 15) is 4.79 Å². The van der Waals surface area contributed by atoms with Crippen LogP contribution in [0.5, 0.6) is 0 Å². The average Bonchev–Trinajstić information content (AvgIpc) is 3.51. The van der Waals surface area contributed by atoms with Crippen LogP contribution in [0.2, 0.25) is 5.02 Å². The maximum atomic E-state index is 10.7. The van der Waals surface area contributed by atoms with Crippen molar-refractivity contribution in [3.05, 3.63) is 52.4 Å². The smallest absolute Gasteiger partial charge is 0.304 e. The van der Waals surface area contributed by atoms with Crippen molar-refractivity contribution in [2.24, 2.45) is 5.41 Å². The first-order valence-electron chi connectivity index (χ1n) is 12.0. The summed E-state index contributed by atoms with van der Waals surface area (Å²) >= 11 is 6.56. The molecule has 0 unspecified atom stereocenters. The zero-order valence-electron chi connectivity index (χ0n) is 20.3. The SMILES string of the molecule is CCn1cc(-c2nc(-n3cc(Cl)c4cc(CNCCC(=O)O)ccc43)no2)c2c1CC(C)(C)CC2. The van der Waals surface area contributed by atoms with Gasteiger partial charge in [-0.05, 0) is 60.0 Å². The molecule has 0 spiro atoms. The fourth-order valence-electron chi connectivity index (χ4n) is 4.96. The number of aromatic nitrogens is 4. The van der Waals surface area contributed by atoms with Crippen molar-refractivity contribution in [2.45, 2.75) is 59.5 Å². The van der Waals surface area contributed by atoms with Gasteiger partial charge in [-0.2, -0.15) is 4.98 Å². The molecule has 9 heteroatoms. The van der Waals surface area contributed by atoms with Crippen LogP contribution < -0.4 is 5.32 Å². The van der Waals surface area contributed by atoms with Gasteiger partial charge in [-0.3, -0.25) is 9.36 Å². The van der Waals surface area contributed by atoms with Crippen molar-refractivity contribution in [1.82, 2.24) is 24.6 Å². The second-order valence-corrected chi connectivity index (χ2v) is 10.4. The highest BCUT2D eigenvalue weighted by molar-refractivity contribution is 6.35. The second kappa shape index (κ2) is 9.17. The molecule has 3 aromatic heterocycles. The Balaban J connectivity index is 1.43. The quantitative estimate of drug-likeness (QED) is 0.324. The number of fused-ring (bicyclic) bond motifs is 2. The van der Waals surface area contributed by atoms with E-state index in [1.54, 1.807) is 6.20 Å². The van der Waals surface area contributed by atoms with Gasteiger partial charge in [0.1, 0.15) is 0 Å². The number of rotatable bonds is 8. The number of carbonyl (C=O) groups is 1. The van der Waals surface area contributed by atoms with Gasteiger partial charge in [0, 0.05) is 43.1 Å². The van der Waals surface area contributed by atoms with Crippen LogP contribution in [0.4, 0.5) is 0 Å². The number of aryl methyl sites for hydroxylation is 1. The number of halogens is 1. The molecule has 2 N–H and O–H groups in total. The van der Waals surface area contributed by atoms with Crippen molar-refractivity contribution >= 4 is 28.5 Å². The summed E-state index contributed by atoms with van der Waals surface area (Å²) in [7, 11) is 0. The van der Waals surface area contributed by atoms with Crippen molar-refractivity contribution < 1.29 is 14.4 Å². The molecule has 5 rings (SSSR count). The molecule has 1 aromatic carbocycles. The maximum Gasteiger partial charge on any atom is 0.304 e. The molecule has 0 fully saturated rings. The Bertz CT molecular complexity index is 1400. The third kappa shape index (κ3) is 4.60. The lowest BCUT2D eigenvalue weighted by atomic mass is 9.76. The van der Waals surface area contributed by atoms with Crippen LogP contribution in [0.15, 0.2) is 35.1 Å². The minimum absolute atomic E-state index is 0.0855. The van der Waals surface area contributed by atoms with Gasteiger partial charge in [-0.25, -0.2) is 0 Å². The summed E-state index contributed by atoms with van der Waals surface area (Å²) in [6, 6.07) is 5.97. The minimum atomic E-state index is -0.817. The summed E-state index contributed by atoms with van der Waals surface area (Å²) in [4.78, 5) is 15.4. The number of aliphatic carboxylic acids is 1. The Morgan fingerprint density at radius 1 is 1.31 bits per heavy atom. The molecule has 184 valence electrons. The molecule has 4 aromatic rings. The van der Waals surface area contributed by atoms with Gasteiger partial charge in [0.15, 0.2) is 0 Å². The van der Waals surface area contributed by atoms with E-state index in [4.69, 9.17) is 26.2 Å². The van der Waals surface area contributed by atoms with Crippen LogP contribution in [0.25, 0.3) is 28.3 Å². The summed E-state index contributed by atoms with van der Waals surface area (Å²) in [6.07, 6.45) is 7.22. The van der Waals surface area contributed by atoms with Crippen LogP contribution in [0.1, 0.15) is 50.4 Å². The molecule has 0 amide bonds. The number of benzene rings is 1. The fraction of sp³-hybridized carbons (Fsp3) is 0.423. The topological polar surface area (TPSA) is 98.1 Å². The van der Waals surface area contributed by atoms with E-state index in [0.717, 1.165) is 47.8 Å². The molecule has 1 aliphatic carbocycles. The highest BCUT2D eigenvalue weighted by Crippen LogP contribution is 2.40. The summed E-state index contributed by atoms with van der Waals surface area (Å²) in [5.41, 5.74) is 5.90. The lowest BCUT2D eigenvalue weighted by Gasteiger charge is -2.30. The van der Waals surface area contributed by atoms with Crippen molar-refractivity contribution in [1.29, 1.82) is 0 Å². The number of carboxylic acid groups (broad SMARTS) is 1.